The van der Waals surface area contributed by atoms with Gasteiger partial charge in [0.2, 0.25) is 15.9 Å². The Morgan fingerprint density at radius 1 is 1.34 bits per heavy atom. The molecule has 1 saturated carbocycles. The minimum absolute atomic E-state index is 0.198. The van der Waals surface area contributed by atoms with E-state index in [2.05, 4.69) is 31.2 Å². The number of carbonyl (C=O) groups excluding carboxylic acids is 1. The van der Waals surface area contributed by atoms with Crippen LogP contribution in [0.5, 0.6) is 5.88 Å². The molecule has 12 heteroatoms. The van der Waals surface area contributed by atoms with E-state index in [0.29, 0.717) is 58.7 Å². The number of thiazole rings is 1. The number of hydrogen-bond acceptors (Lipinski definition) is 9. The van der Waals surface area contributed by atoms with Crippen LogP contribution in [0, 0.1) is 0 Å². The van der Waals surface area contributed by atoms with Crippen LogP contribution in [0.15, 0.2) is 47.5 Å². The molecule has 2 aliphatic rings. The van der Waals surface area contributed by atoms with E-state index < -0.39 is 10.0 Å². The second-order valence-corrected chi connectivity index (χ2v) is 11.3. The summed E-state index contributed by atoms with van der Waals surface area (Å²) in [6.07, 6.45) is 10.7. The van der Waals surface area contributed by atoms with Crippen LogP contribution in [-0.4, -0.2) is 71.9 Å². The molecule has 1 atom stereocenters. The molecule has 2 aromatic rings. The predicted molar refractivity (Wildman–Crippen MR) is 135 cm³/mol. The molecular weight excluding hydrogens is 488 g/mol. The number of aromatic nitrogens is 3. The minimum atomic E-state index is -3.44. The number of rotatable bonds is 10. The average Bonchev–Trinajstić information content (AvgIpc) is 3.39. The third-order valence-corrected chi connectivity index (χ3v) is 8.50. The number of aliphatic imine (C=N–C) groups is 1. The summed E-state index contributed by atoms with van der Waals surface area (Å²) in [7, 11) is -1.87. The van der Waals surface area contributed by atoms with E-state index in [1.54, 1.807) is 30.4 Å². The quantitative estimate of drug-likeness (QED) is 0.380. The van der Waals surface area contributed by atoms with Crippen molar-refractivity contribution in [2.45, 2.75) is 43.9 Å². The van der Waals surface area contributed by atoms with Gasteiger partial charge in [-0.1, -0.05) is 6.58 Å². The molecule has 1 aliphatic carbocycles. The van der Waals surface area contributed by atoms with E-state index in [1.165, 1.54) is 23.7 Å². The molecule has 3 heterocycles. The molecular formula is C23H28N6O4S2. The van der Waals surface area contributed by atoms with Gasteiger partial charge in [0.1, 0.15) is 5.69 Å². The molecule has 1 aliphatic heterocycles. The first-order valence-electron chi connectivity index (χ1n) is 11.4. The topological polar surface area (TPSA) is 127 Å². The molecule has 2 aromatic heterocycles. The molecule has 186 valence electrons. The maximum atomic E-state index is 13.3. The zero-order valence-corrected chi connectivity index (χ0v) is 21.3. The Labute approximate surface area is 208 Å². The van der Waals surface area contributed by atoms with Crippen LogP contribution in [0.4, 0.5) is 0 Å². The highest BCUT2D eigenvalue weighted by Crippen LogP contribution is 2.31. The van der Waals surface area contributed by atoms with Gasteiger partial charge in [0, 0.05) is 26.0 Å². The summed E-state index contributed by atoms with van der Waals surface area (Å²) in [5.41, 5.74) is 1.56. The fourth-order valence-corrected chi connectivity index (χ4v) is 6.04. The van der Waals surface area contributed by atoms with Gasteiger partial charge in [-0.15, -0.1) is 11.3 Å². The van der Waals surface area contributed by atoms with Gasteiger partial charge in [-0.05, 0) is 44.3 Å². The predicted octanol–water partition coefficient (Wildman–Crippen LogP) is 2.83. The van der Waals surface area contributed by atoms with Gasteiger partial charge in [-0.2, -0.15) is 0 Å². The molecule has 0 bridgehead atoms. The molecule has 1 N–H and O–H groups in total. The Balaban J connectivity index is 1.50. The van der Waals surface area contributed by atoms with Crippen molar-refractivity contribution in [1.82, 2.24) is 24.6 Å². The normalized spacial score (nSPS) is 18.7. The Morgan fingerprint density at radius 3 is 2.86 bits per heavy atom. The monoisotopic (exact) mass is 516 g/mol. The highest BCUT2D eigenvalue weighted by atomic mass is 32.2. The van der Waals surface area contributed by atoms with Crippen LogP contribution in [0.3, 0.4) is 0 Å². The second kappa shape index (κ2) is 10.6. The second-order valence-electron chi connectivity index (χ2n) is 8.27. The lowest BCUT2D eigenvalue weighted by atomic mass is 10.1. The fraction of sp³-hybridized carbons (Fsp3) is 0.435. The molecule has 2 fully saturated rings. The van der Waals surface area contributed by atoms with Gasteiger partial charge in [-0.25, -0.2) is 18.4 Å². The Kier molecular flexibility index (Phi) is 7.60. The summed E-state index contributed by atoms with van der Waals surface area (Å²) in [4.78, 5) is 32.6. The van der Waals surface area contributed by atoms with E-state index in [1.807, 2.05) is 6.92 Å². The van der Waals surface area contributed by atoms with Crippen LogP contribution in [0.2, 0.25) is 0 Å². The number of ether oxygens (including phenoxy) is 1. The third-order valence-electron chi connectivity index (χ3n) is 5.62. The van der Waals surface area contributed by atoms with Crippen LogP contribution < -0.4 is 9.46 Å². The van der Waals surface area contributed by atoms with Crippen molar-refractivity contribution in [1.29, 1.82) is 0 Å². The molecule has 0 radical (unpaired) electrons. The maximum absolute atomic E-state index is 13.3. The summed E-state index contributed by atoms with van der Waals surface area (Å²) >= 11 is 1.24. The van der Waals surface area contributed by atoms with Crippen LogP contribution in [0.25, 0.3) is 10.6 Å². The zero-order valence-electron chi connectivity index (χ0n) is 19.7. The summed E-state index contributed by atoms with van der Waals surface area (Å²) in [5, 5.41) is -0.0101. The van der Waals surface area contributed by atoms with Crippen molar-refractivity contribution < 1.29 is 17.9 Å². The van der Waals surface area contributed by atoms with Crippen LogP contribution >= 0.6 is 11.3 Å². The zero-order chi connectivity index (χ0) is 25.0. The van der Waals surface area contributed by atoms with Crippen molar-refractivity contribution >= 4 is 33.5 Å². The third kappa shape index (κ3) is 5.93. The Hall–Kier alpha value is -3.12. The summed E-state index contributed by atoms with van der Waals surface area (Å²) in [5.74, 6) is 0.217. The van der Waals surface area contributed by atoms with E-state index in [0.717, 1.165) is 12.8 Å². The van der Waals surface area contributed by atoms with Gasteiger partial charge in [-0.3, -0.25) is 19.5 Å². The first-order chi connectivity index (χ1) is 16.8. The summed E-state index contributed by atoms with van der Waals surface area (Å²) in [6.45, 7) is 7.05. The first-order valence-corrected chi connectivity index (χ1v) is 13.7. The highest BCUT2D eigenvalue weighted by molar-refractivity contribution is 7.90. The van der Waals surface area contributed by atoms with Gasteiger partial charge in [0.05, 0.1) is 40.9 Å². The molecule has 0 aromatic carbocycles. The number of likely N-dealkylation sites (tertiary alicyclic amines) is 1. The van der Waals surface area contributed by atoms with Gasteiger partial charge in [0.25, 0.3) is 5.91 Å². The van der Waals surface area contributed by atoms with Crippen molar-refractivity contribution in [3.8, 4) is 16.5 Å². The number of hydrogen-bond donors (Lipinski definition) is 1. The molecule has 4 rings (SSSR count). The Bertz CT molecular complexity index is 1270. The van der Waals surface area contributed by atoms with Gasteiger partial charge < -0.3 is 9.64 Å². The molecule has 0 unspecified atom stereocenters. The van der Waals surface area contributed by atoms with E-state index >= 15 is 0 Å². The number of nitrogens with zero attached hydrogens (tertiary/aromatic N) is 5. The molecule has 0 spiro atoms. The molecule has 10 nitrogen and oxygen atoms in total. The number of amides is 1. The number of allylic oxidation sites excluding steroid dienone is 1. The molecule has 1 saturated heterocycles. The number of nitrogens with one attached hydrogen (secondary N) is 1. The lowest BCUT2D eigenvalue weighted by molar-refractivity contribution is 0.0757. The summed E-state index contributed by atoms with van der Waals surface area (Å²) in [6, 6.07) is -0.262. The van der Waals surface area contributed by atoms with Gasteiger partial charge in [0.15, 0.2) is 5.01 Å². The fourth-order valence-electron chi connectivity index (χ4n) is 3.85. The smallest absolute Gasteiger partial charge is 0.283 e. The average molecular weight is 517 g/mol. The van der Waals surface area contributed by atoms with Crippen LogP contribution in [0.1, 0.15) is 42.4 Å². The number of sulfonamides is 1. The molecule has 1 amide bonds. The van der Waals surface area contributed by atoms with Crippen molar-refractivity contribution in [2.75, 3.05) is 20.2 Å². The Morgan fingerprint density at radius 2 is 2.14 bits per heavy atom. The lowest BCUT2D eigenvalue weighted by Gasteiger charge is -2.24. The SMILES string of the molecule is C=C(/C=C(\C=N/C)NS(=O)(=O)C1CC1)[C@H]1CCCN1C(=O)c1ncc(-c2cncc(OCC)n2)s1. The van der Waals surface area contributed by atoms with E-state index in [-0.39, 0.29) is 17.2 Å². The van der Waals surface area contributed by atoms with Crippen molar-refractivity contribution in [2.24, 2.45) is 4.99 Å². The largest absolute Gasteiger partial charge is 0.477 e. The molecule has 35 heavy (non-hydrogen) atoms. The standard InChI is InChI=1S/C23H28N6O4S2/c1-4-33-21-14-25-12-18(27-21)20-13-26-22(34-20)23(30)29-9-5-6-19(29)15(2)10-16(11-24-3)28-35(31,32)17-7-8-17/h10-14,17,19,28H,2,4-9H2,1,3H3/b16-10+,24-11-/t19-/m1/s1. The van der Waals surface area contributed by atoms with Crippen LogP contribution in [-0.2, 0) is 10.0 Å². The van der Waals surface area contributed by atoms with E-state index in [9.17, 15) is 13.2 Å². The van der Waals surface area contributed by atoms with Crippen molar-refractivity contribution in [3.05, 3.63) is 47.5 Å². The minimum Gasteiger partial charge on any atom is -0.477 e. The lowest BCUT2D eigenvalue weighted by Crippen LogP contribution is -2.36. The number of carbonyl (C=O) groups is 1. The highest BCUT2D eigenvalue weighted by Gasteiger charge is 2.36. The maximum Gasteiger partial charge on any atom is 0.283 e. The van der Waals surface area contributed by atoms with Gasteiger partial charge >= 0.3 is 0 Å². The summed E-state index contributed by atoms with van der Waals surface area (Å²) < 4.78 is 32.8. The first kappa shape index (κ1) is 25.0. The van der Waals surface area contributed by atoms with E-state index in [4.69, 9.17) is 4.74 Å². The van der Waals surface area contributed by atoms with Crippen molar-refractivity contribution in [3.63, 3.8) is 0 Å².